The van der Waals surface area contributed by atoms with Gasteiger partial charge in [-0.2, -0.15) is 0 Å². The number of nitrogens with zero attached hydrogens (tertiary/aromatic N) is 3. The van der Waals surface area contributed by atoms with Crippen LogP contribution in [-0.4, -0.2) is 44.5 Å². The number of H-pyrrole nitrogens is 1. The normalized spacial score (nSPS) is 19.2. The Balaban J connectivity index is 1.55. The molecule has 1 fully saturated rings. The minimum atomic E-state index is -1.55. The summed E-state index contributed by atoms with van der Waals surface area (Å²) in [5, 5.41) is 13.3. The maximum Gasteiger partial charge on any atom is 0.258 e. The smallest absolute Gasteiger partial charge is 0.258 e. The lowest BCUT2D eigenvalue weighted by Crippen LogP contribution is -2.36. The van der Waals surface area contributed by atoms with Crippen molar-refractivity contribution in [3.8, 4) is 21.8 Å². The fourth-order valence-electron chi connectivity index (χ4n) is 3.79. The first-order valence-electron chi connectivity index (χ1n) is 9.24. The first kappa shape index (κ1) is 18.8. The van der Waals surface area contributed by atoms with Gasteiger partial charge in [0.1, 0.15) is 10.7 Å². The number of nitrogens with one attached hydrogen (secondary N) is 1. The lowest BCUT2D eigenvalue weighted by atomic mass is 9.90. The van der Waals surface area contributed by atoms with Crippen LogP contribution in [0.3, 0.4) is 0 Å². The van der Waals surface area contributed by atoms with E-state index in [1.54, 1.807) is 36.8 Å². The molecule has 9 heteroatoms. The molecular weight excluding hydrogens is 410 g/mol. The van der Waals surface area contributed by atoms with Crippen LogP contribution in [0.4, 0.5) is 8.78 Å². The maximum atomic E-state index is 14.3. The molecule has 4 heterocycles. The molecule has 4 aromatic rings. The highest BCUT2D eigenvalue weighted by atomic mass is 32.1. The van der Waals surface area contributed by atoms with Gasteiger partial charge >= 0.3 is 0 Å². The van der Waals surface area contributed by atoms with Crippen molar-refractivity contribution < 1.29 is 18.7 Å². The summed E-state index contributed by atoms with van der Waals surface area (Å²) >= 11 is 1.28. The number of aromatic amines is 1. The number of carbonyl (C=O) groups excluding carboxylic acids is 1. The predicted molar refractivity (Wildman–Crippen MR) is 109 cm³/mol. The Bertz CT molecular complexity index is 1300. The van der Waals surface area contributed by atoms with Crippen molar-refractivity contribution in [1.29, 1.82) is 0 Å². The Morgan fingerprint density at radius 1 is 1.33 bits per heavy atom. The molecule has 1 aliphatic heterocycles. The number of halogens is 2. The molecule has 1 aliphatic rings. The van der Waals surface area contributed by atoms with E-state index >= 15 is 0 Å². The highest BCUT2D eigenvalue weighted by molar-refractivity contribution is 7.13. The van der Waals surface area contributed by atoms with Gasteiger partial charge in [-0.15, -0.1) is 11.3 Å². The molecule has 1 saturated heterocycles. The first-order valence-corrected chi connectivity index (χ1v) is 10.1. The highest BCUT2D eigenvalue weighted by Gasteiger charge is 2.45. The van der Waals surface area contributed by atoms with Gasteiger partial charge < -0.3 is 15.0 Å². The number of hydrogen-bond acceptors (Lipinski definition) is 5. The summed E-state index contributed by atoms with van der Waals surface area (Å²) in [6.07, 6.45) is 2.71. The van der Waals surface area contributed by atoms with Crippen LogP contribution in [-0.2, 0) is 10.4 Å². The van der Waals surface area contributed by atoms with Gasteiger partial charge in [0, 0.05) is 42.7 Å². The number of rotatable bonds is 3. The zero-order chi connectivity index (χ0) is 21.0. The lowest BCUT2D eigenvalue weighted by Gasteiger charge is -2.21. The monoisotopic (exact) mass is 426 g/mol. The Morgan fingerprint density at radius 2 is 2.17 bits per heavy atom. The number of carbonyl (C=O) groups is 1. The third kappa shape index (κ3) is 2.73. The molecule has 5 rings (SSSR count). The van der Waals surface area contributed by atoms with Gasteiger partial charge in [0.05, 0.1) is 17.3 Å². The molecule has 0 saturated carbocycles. The van der Waals surface area contributed by atoms with Gasteiger partial charge in [-0.25, -0.2) is 18.7 Å². The van der Waals surface area contributed by atoms with Crippen molar-refractivity contribution in [2.75, 3.05) is 13.6 Å². The average molecular weight is 426 g/mol. The van der Waals surface area contributed by atoms with E-state index in [1.165, 1.54) is 16.2 Å². The highest BCUT2D eigenvalue weighted by Crippen LogP contribution is 2.37. The van der Waals surface area contributed by atoms with E-state index < -0.39 is 17.2 Å². The number of hydrogen-bond donors (Lipinski definition) is 2. The van der Waals surface area contributed by atoms with Crippen LogP contribution in [0.5, 0.6) is 0 Å². The molecule has 0 bridgehead atoms. The standard InChI is InChI=1S/C21H16F2N4O2S/c1-27-6-5-21(29,20(27)28)12-4-2-3-11(7-12)15-10-30-19(26-15)13-8-24-18-16(13)17(23)14(22)9-25-18/h2-4,7-10,29H,5-6H2,1H3,(H,24,25)/t21-/m1/s1. The quantitative estimate of drug-likeness (QED) is 0.524. The van der Waals surface area contributed by atoms with E-state index in [1.807, 2.05) is 6.07 Å². The first-order chi connectivity index (χ1) is 14.4. The fraction of sp³-hybridized carbons (Fsp3) is 0.190. The summed E-state index contributed by atoms with van der Waals surface area (Å²) in [6, 6.07) is 7.05. The van der Waals surface area contributed by atoms with Crippen molar-refractivity contribution >= 4 is 28.3 Å². The predicted octanol–water partition coefficient (Wildman–Crippen LogP) is 3.68. The Hall–Kier alpha value is -3.17. The van der Waals surface area contributed by atoms with E-state index in [0.717, 1.165) is 11.8 Å². The van der Waals surface area contributed by atoms with Crippen LogP contribution >= 0.6 is 11.3 Å². The molecule has 6 nitrogen and oxygen atoms in total. The molecule has 2 N–H and O–H groups in total. The van der Waals surface area contributed by atoms with Gasteiger partial charge in [-0.1, -0.05) is 18.2 Å². The van der Waals surface area contributed by atoms with E-state index in [-0.39, 0.29) is 16.9 Å². The second-order valence-electron chi connectivity index (χ2n) is 7.30. The van der Waals surface area contributed by atoms with Crippen molar-refractivity contribution in [3.05, 3.63) is 59.2 Å². The van der Waals surface area contributed by atoms with Gasteiger partial charge in [-0.05, 0) is 11.6 Å². The van der Waals surface area contributed by atoms with Crippen molar-refractivity contribution in [1.82, 2.24) is 19.9 Å². The van der Waals surface area contributed by atoms with E-state index in [0.29, 0.717) is 34.8 Å². The molecule has 1 amide bonds. The minimum absolute atomic E-state index is 0.0542. The van der Waals surface area contributed by atoms with Crippen molar-refractivity contribution in [3.63, 3.8) is 0 Å². The summed E-state index contributed by atoms with van der Waals surface area (Å²) in [5.41, 5.74) is 0.955. The van der Waals surface area contributed by atoms with Crippen LogP contribution in [0.15, 0.2) is 42.0 Å². The largest absolute Gasteiger partial charge is 0.375 e. The molecule has 152 valence electrons. The van der Waals surface area contributed by atoms with Gasteiger partial charge in [0.15, 0.2) is 17.2 Å². The molecule has 30 heavy (non-hydrogen) atoms. The molecular formula is C21H16F2N4O2S. The van der Waals surface area contributed by atoms with E-state index in [2.05, 4.69) is 15.0 Å². The number of benzene rings is 1. The minimum Gasteiger partial charge on any atom is -0.375 e. The molecule has 0 aliphatic carbocycles. The molecule has 3 aromatic heterocycles. The summed E-state index contributed by atoms with van der Waals surface area (Å²) in [7, 11) is 1.66. The number of likely N-dealkylation sites (tertiary alicyclic amines) is 1. The van der Waals surface area contributed by atoms with Gasteiger partial charge in [0.25, 0.3) is 5.91 Å². The van der Waals surface area contributed by atoms with Crippen LogP contribution in [0.1, 0.15) is 12.0 Å². The number of thiazole rings is 1. The number of fused-ring (bicyclic) bond motifs is 1. The number of aliphatic hydroxyl groups is 1. The Labute approximate surface area is 173 Å². The van der Waals surface area contributed by atoms with Gasteiger partial charge in [-0.3, -0.25) is 4.79 Å². The fourth-order valence-corrected chi connectivity index (χ4v) is 4.64. The summed E-state index contributed by atoms with van der Waals surface area (Å²) in [5.74, 6) is -2.32. The molecule has 0 unspecified atom stereocenters. The van der Waals surface area contributed by atoms with Crippen LogP contribution < -0.4 is 0 Å². The van der Waals surface area contributed by atoms with E-state index in [4.69, 9.17) is 0 Å². The summed E-state index contributed by atoms with van der Waals surface area (Å²) in [4.78, 5) is 25.2. The van der Waals surface area contributed by atoms with Crippen molar-refractivity contribution in [2.45, 2.75) is 12.0 Å². The molecule has 0 radical (unpaired) electrons. The van der Waals surface area contributed by atoms with E-state index in [9.17, 15) is 18.7 Å². The van der Waals surface area contributed by atoms with Crippen LogP contribution in [0.25, 0.3) is 32.9 Å². The Kier molecular flexibility index (Phi) is 4.19. The lowest BCUT2D eigenvalue weighted by molar-refractivity contribution is -0.143. The summed E-state index contributed by atoms with van der Waals surface area (Å²) < 4.78 is 28.0. The zero-order valence-electron chi connectivity index (χ0n) is 15.8. The van der Waals surface area contributed by atoms with Gasteiger partial charge in [0.2, 0.25) is 0 Å². The number of aromatic nitrogens is 3. The van der Waals surface area contributed by atoms with Crippen LogP contribution in [0.2, 0.25) is 0 Å². The SMILES string of the molecule is CN1CC[C@@](O)(c2cccc(-c3csc(-c4c[nH]c5ncc(F)c(F)c45)n3)c2)C1=O. The molecule has 1 aromatic carbocycles. The van der Waals surface area contributed by atoms with Crippen LogP contribution in [0, 0.1) is 11.6 Å². The third-order valence-electron chi connectivity index (χ3n) is 5.48. The number of pyridine rings is 1. The average Bonchev–Trinajstić information content (AvgIpc) is 3.46. The second-order valence-corrected chi connectivity index (χ2v) is 8.16. The third-order valence-corrected chi connectivity index (χ3v) is 6.35. The second kappa shape index (κ2) is 6.68. The Morgan fingerprint density at radius 3 is 2.93 bits per heavy atom. The maximum absolute atomic E-state index is 14.3. The molecule has 1 atom stereocenters. The molecule has 0 spiro atoms. The number of amides is 1. The topological polar surface area (TPSA) is 82.1 Å². The van der Waals surface area contributed by atoms with Crippen molar-refractivity contribution in [2.24, 2.45) is 0 Å². The number of likely N-dealkylation sites (N-methyl/N-ethyl adjacent to an activating group) is 1. The summed E-state index contributed by atoms with van der Waals surface area (Å²) in [6.45, 7) is 0.483. The zero-order valence-corrected chi connectivity index (χ0v) is 16.6.